The average Bonchev–Trinajstić information content (AvgIpc) is 2.89. The third kappa shape index (κ3) is 2.33. The van der Waals surface area contributed by atoms with Crippen LogP contribution >= 0.6 is 11.3 Å². The van der Waals surface area contributed by atoms with Gasteiger partial charge in [0.15, 0.2) is 5.13 Å². The predicted octanol–water partition coefficient (Wildman–Crippen LogP) is 2.99. The van der Waals surface area contributed by atoms with Gasteiger partial charge in [-0.2, -0.15) is 0 Å². The van der Waals surface area contributed by atoms with Gasteiger partial charge in [0, 0.05) is 13.2 Å². The maximum atomic E-state index is 12.2. The summed E-state index contributed by atoms with van der Waals surface area (Å²) in [4.78, 5) is 20.7. The van der Waals surface area contributed by atoms with E-state index in [1.807, 2.05) is 24.3 Å². The number of nitrogens with zero attached hydrogens (tertiary/aromatic N) is 2. The lowest BCUT2D eigenvalue weighted by molar-refractivity contribution is 0.102. The molecule has 2 heterocycles. The Bertz CT molecular complexity index is 735. The molecule has 6 heteroatoms. The zero-order valence-electron chi connectivity index (χ0n) is 10.8. The number of pyridine rings is 1. The fourth-order valence-corrected chi connectivity index (χ4v) is 2.74. The number of para-hydroxylation sites is 1. The van der Waals surface area contributed by atoms with Gasteiger partial charge in [0.05, 0.1) is 15.8 Å². The Morgan fingerprint density at radius 1 is 1.20 bits per heavy atom. The molecule has 100 valence electrons. The van der Waals surface area contributed by atoms with E-state index in [1.165, 1.54) is 11.3 Å². The number of rotatable bonds is 3. The summed E-state index contributed by atoms with van der Waals surface area (Å²) in [5, 5.41) is 6.30. The number of nitrogens with one attached hydrogen (secondary N) is 2. The maximum Gasteiger partial charge on any atom is 0.261 e. The number of hydrogen-bond donors (Lipinski definition) is 2. The Labute approximate surface area is 119 Å². The Balaban J connectivity index is 1.88. The van der Waals surface area contributed by atoms with Crippen LogP contribution in [-0.4, -0.2) is 22.9 Å². The summed E-state index contributed by atoms with van der Waals surface area (Å²) < 4.78 is 1.04. The van der Waals surface area contributed by atoms with Crippen molar-refractivity contribution in [2.45, 2.75) is 0 Å². The van der Waals surface area contributed by atoms with E-state index in [2.05, 4.69) is 20.6 Å². The lowest BCUT2D eigenvalue weighted by Gasteiger charge is -2.06. The molecule has 0 bridgehead atoms. The summed E-state index contributed by atoms with van der Waals surface area (Å²) in [6.45, 7) is 0. The van der Waals surface area contributed by atoms with Gasteiger partial charge in [-0.15, -0.1) is 0 Å². The van der Waals surface area contributed by atoms with Crippen molar-refractivity contribution < 1.29 is 4.79 Å². The van der Waals surface area contributed by atoms with Crippen LogP contribution in [0.3, 0.4) is 0 Å². The molecule has 0 spiro atoms. The minimum Gasteiger partial charge on any atom is -0.372 e. The number of amides is 1. The van der Waals surface area contributed by atoms with Crippen LogP contribution in [0.4, 0.5) is 10.9 Å². The average molecular weight is 284 g/mol. The predicted molar refractivity (Wildman–Crippen MR) is 81.4 cm³/mol. The molecule has 1 aromatic carbocycles. The van der Waals surface area contributed by atoms with Crippen molar-refractivity contribution in [3.05, 3.63) is 48.2 Å². The molecule has 0 unspecified atom stereocenters. The summed E-state index contributed by atoms with van der Waals surface area (Å²) in [6.07, 6.45) is 1.64. The van der Waals surface area contributed by atoms with Crippen LogP contribution in [0, 0.1) is 0 Å². The maximum absolute atomic E-state index is 12.2. The molecule has 20 heavy (non-hydrogen) atoms. The highest BCUT2D eigenvalue weighted by atomic mass is 32.1. The van der Waals surface area contributed by atoms with Crippen LogP contribution in [-0.2, 0) is 0 Å². The summed E-state index contributed by atoms with van der Waals surface area (Å²) >= 11 is 1.45. The first-order chi connectivity index (χ1) is 9.78. The number of anilines is 2. The summed E-state index contributed by atoms with van der Waals surface area (Å²) in [5.41, 5.74) is 1.38. The molecule has 0 saturated carbocycles. The highest BCUT2D eigenvalue weighted by Gasteiger charge is 2.13. The van der Waals surface area contributed by atoms with E-state index in [9.17, 15) is 4.79 Å². The highest BCUT2D eigenvalue weighted by Crippen LogP contribution is 2.26. The van der Waals surface area contributed by atoms with Crippen LogP contribution in [0.2, 0.25) is 0 Å². The van der Waals surface area contributed by atoms with Crippen molar-refractivity contribution >= 4 is 38.4 Å². The number of aromatic nitrogens is 2. The number of carbonyl (C=O) groups excluding carboxylic acids is 1. The summed E-state index contributed by atoms with van der Waals surface area (Å²) in [7, 11) is 1.73. The summed E-state index contributed by atoms with van der Waals surface area (Å²) in [5.74, 6) is 0.326. The van der Waals surface area contributed by atoms with E-state index in [1.54, 1.807) is 25.4 Å². The Morgan fingerprint density at radius 2 is 2.05 bits per heavy atom. The molecule has 0 aliphatic carbocycles. The van der Waals surface area contributed by atoms with Gasteiger partial charge in [-0.1, -0.05) is 23.5 Å². The number of carbonyl (C=O) groups is 1. The first-order valence-electron chi connectivity index (χ1n) is 6.07. The van der Waals surface area contributed by atoms with Gasteiger partial charge in [-0.25, -0.2) is 9.97 Å². The van der Waals surface area contributed by atoms with Gasteiger partial charge in [0.2, 0.25) is 0 Å². The van der Waals surface area contributed by atoms with Gasteiger partial charge < -0.3 is 5.32 Å². The molecule has 0 aliphatic heterocycles. The quantitative estimate of drug-likeness (QED) is 0.776. The summed E-state index contributed by atoms with van der Waals surface area (Å²) in [6, 6.07) is 11.2. The minimum atomic E-state index is -0.221. The van der Waals surface area contributed by atoms with E-state index >= 15 is 0 Å². The SMILES string of the molecule is CNc1ncccc1C(=O)Nc1nc2ccccc2s1. The lowest BCUT2D eigenvalue weighted by Crippen LogP contribution is -2.14. The molecule has 2 N–H and O–H groups in total. The van der Waals surface area contributed by atoms with Gasteiger partial charge in [-0.3, -0.25) is 10.1 Å². The molecule has 3 aromatic rings. The third-order valence-electron chi connectivity index (χ3n) is 2.80. The number of fused-ring (bicyclic) bond motifs is 1. The second-order valence-electron chi connectivity index (χ2n) is 4.09. The molecule has 0 atom stereocenters. The third-order valence-corrected chi connectivity index (χ3v) is 3.76. The lowest BCUT2D eigenvalue weighted by atomic mass is 10.2. The molecule has 0 radical (unpaired) electrons. The van der Waals surface area contributed by atoms with Crippen LogP contribution in [0.25, 0.3) is 10.2 Å². The van der Waals surface area contributed by atoms with Gasteiger partial charge in [-0.05, 0) is 24.3 Å². The number of thiazole rings is 1. The van der Waals surface area contributed by atoms with Crippen LogP contribution < -0.4 is 10.6 Å². The molecule has 3 rings (SSSR count). The van der Waals surface area contributed by atoms with E-state index in [0.717, 1.165) is 10.2 Å². The largest absolute Gasteiger partial charge is 0.372 e. The van der Waals surface area contributed by atoms with Crippen molar-refractivity contribution in [3.8, 4) is 0 Å². The molecule has 0 fully saturated rings. The van der Waals surface area contributed by atoms with Crippen LogP contribution in [0.1, 0.15) is 10.4 Å². The van der Waals surface area contributed by atoms with E-state index in [0.29, 0.717) is 16.5 Å². The van der Waals surface area contributed by atoms with E-state index in [4.69, 9.17) is 0 Å². The fraction of sp³-hybridized carbons (Fsp3) is 0.0714. The smallest absolute Gasteiger partial charge is 0.261 e. The Hall–Kier alpha value is -2.47. The Morgan fingerprint density at radius 3 is 2.85 bits per heavy atom. The van der Waals surface area contributed by atoms with E-state index in [-0.39, 0.29) is 5.91 Å². The van der Waals surface area contributed by atoms with Crippen molar-refractivity contribution in [3.63, 3.8) is 0 Å². The first kappa shape index (κ1) is 12.6. The van der Waals surface area contributed by atoms with Crippen molar-refractivity contribution in [2.75, 3.05) is 17.7 Å². The van der Waals surface area contributed by atoms with Crippen molar-refractivity contribution in [1.82, 2.24) is 9.97 Å². The highest BCUT2D eigenvalue weighted by molar-refractivity contribution is 7.22. The number of hydrogen-bond acceptors (Lipinski definition) is 5. The zero-order valence-corrected chi connectivity index (χ0v) is 11.6. The normalized spacial score (nSPS) is 10.4. The monoisotopic (exact) mass is 284 g/mol. The van der Waals surface area contributed by atoms with Crippen molar-refractivity contribution in [1.29, 1.82) is 0 Å². The molecule has 5 nitrogen and oxygen atoms in total. The van der Waals surface area contributed by atoms with Crippen molar-refractivity contribution in [2.24, 2.45) is 0 Å². The first-order valence-corrected chi connectivity index (χ1v) is 6.89. The van der Waals surface area contributed by atoms with Crippen LogP contribution in [0.15, 0.2) is 42.6 Å². The molecule has 0 aliphatic rings. The topological polar surface area (TPSA) is 66.9 Å². The Kier molecular flexibility index (Phi) is 3.30. The number of benzene rings is 1. The fourth-order valence-electron chi connectivity index (χ4n) is 1.88. The second-order valence-corrected chi connectivity index (χ2v) is 5.12. The van der Waals surface area contributed by atoms with Crippen LogP contribution in [0.5, 0.6) is 0 Å². The molecule has 2 aromatic heterocycles. The van der Waals surface area contributed by atoms with Gasteiger partial charge >= 0.3 is 0 Å². The second kappa shape index (κ2) is 5.26. The van der Waals surface area contributed by atoms with Gasteiger partial charge in [0.25, 0.3) is 5.91 Å². The molecule has 1 amide bonds. The van der Waals surface area contributed by atoms with Gasteiger partial charge in [0.1, 0.15) is 5.82 Å². The molecular formula is C14H12N4OS. The zero-order chi connectivity index (χ0) is 13.9. The minimum absolute atomic E-state index is 0.221. The van der Waals surface area contributed by atoms with E-state index < -0.39 is 0 Å². The standard InChI is InChI=1S/C14H12N4OS/c1-15-12-9(5-4-8-16-12)13(19)18-14-17-10-6-2-3-7-11(10)20-14/h2-8H,1H3,(H,15,16)(H,17,18,19). The molecular weight excluding hydrogens is 272 g/mol. The molecule has 0 saturated heterocycles.